The van der Waals surface area contributed by atoms with Crippen molar-refractivity contribution in [3.63, 3.8) is 0 Å². The fourth-order valence-corrected chi connectivity index (χ4v) is 2.27. The van der Waals surface area contributed by atoms with Crippen molar-refractivity contribution in [1.82, 2.24) is 4.98 Å². The minimum Gasteiger partial charge on any atom is -0.312 e. The molecule has 0 bridgehead atoms. The molecule has 0 aromatic carbocycles. The van der Waals surface area contributed by atoms with Crippen molar-refractivity contribution in [3.05, 3.63) is 27.0 Å². The number of halogens is 3. The van der Waals surface area contributed by atoms with Gasteiger partial charge in [0.2, 0.25) is 0 Å². The second-order valence-electron chi connectivity index (χ2n) is 2.78. The minimum atomic E-state index is -2.73. The Morgan fingerprint density at radius 2 is 1.82 bits per heavy atom. The molecule has 0 aliphatic heterocycles. The summed E-state index contributed by atoms with van der Waals surface area (Å²) in [7, 11) is 2.82. The molecule has 0 unspecified atom stereocenters. The van der Waals surface area contributed by atoms with E-state index in [0.29, 0.717) is 10.7 Å². The van der Waals surface area contributed by atoms with Crippen LogP contribution in [-0.2, 0) is 32.0 Å². The van der Waals surface area contributed by atoms with Crippen LogP contribution in [0.15, 0.2) is 6.07 Å². The van der Waals surface area contributed by atoms with Gasteiger partial charge in [-0.05, 0) is 17.9 Å². The zero-order chi connectivity index (χ0) is 13.1. The van der Waals surface area contributed by atoms with Gasteiger partial charge in [-0.2, -0.15) is 0 Å². The first kappa shape index (κ1) is 15.6. The summed E-state index contributed by atoms with van der Waals surface area (Å²) in [4.78, 5) is 3.98. The van der Waals surface area contributed by atoms with Gasteiger partial charge in [0.1, 0.15) is 11.8 Å². The molecule has 0 saturated carbocycles. The van der Waals surface area contributed by atoms with Crippen LogP contribution in [-0.4, -0.2) is 19.2 Å². The molecule has 1 rings (SSSR count). The van der Waals surface area contributed by atoms with E-state index < -0.39 is 6.72 Å². The van der Waals surface area contributed by atoms with Crippen LogP contribution in [0.5, 0.6) is 0 Å². The van der Waals surface area contributed by atoms with Gasteiger partial charge in [-0.15, -0.1) is 0 Å². The van der Waals surface area contributed by atoms with Gasteiger partial charge in [0, 0.05) is 14.2 Å². The molecule has 1 aromatic rings. The molecule has 0 spiro atoms. The number of pyridine rings is 1. The van der Waals surface area contributed by atoms with Crippen LogP contribution in [0.4, 0.5) is 0 Å². The van der Waals surface area contributed by atoms with E-state index in [2.05, 4.69) is 4.98 Å². The van der Waals surface area contributed by atoms with E-state index >= 15 is 0 Å². The zero-order valence-electron chi connectivity index (χ0n) is 8.95. The predicted molar refractivity (Wildman–Crippen MR) is 72.4 cm³/mol. The predicted octanol–water partition coefficient (Wildman–Crippen LogP) is 4.08. The number of rotatable bonds is 5. The minimum absolute atomic E-state index is 0.0364. The summed E-state index contributed by atoms with van der Waals surface area (Å²) < 4.78 is 15.2. The van der Waals surface area contributed by atoms with Crippen molar-refractivity contribution in [2.24, 2.45) is 0 Å². The number of hydrogen-bond acceptors (Lipinski definition) is 5. The molecule has 0 atom stereocenters. The molecule has 0 N–H and O–H groups in total. The third kappa shape index (κ3) is 4.30. The maximum absolute atomic E-state index is 5.93. The summed E-state index contributed by atoms with van der Waals surface area (Å²) in [5, 5.41) is 0.768. The number of hydrogen-bond donors (Lipinski definition) is 0. The first-order valence-corrected chi connectivity index (χ1v) is 7.97. The monoisotopic (exact) mass is 335 g/mol. The highest BCUT2D eigenvalue weighted by Crippen LogP contribution is 2.49. The largest absolute Gasteiger partial charge is 0.327 e. The highest BCUT2D eigenvalue weighted by Gasteiger charge is 2.18. The Kier molecular flexibility index (Phi) is 6.10. The van der Waals surface area contributed by atoms with Crippen LogP contribution in [0.3, 0.4) is 0 Å². The van der Waals surface area contributed by atoms with Crippen molar-refractivity contribution >= 4 is 53.3 Å². The van der Waals surface area contributed by atoms with Crippen LogP contribution in [0.1, 0.15) is 5.69 Å². The number of aromatic nitrogens is 1. The standard InChI is InChI=1S/C8H9Cl3NO3PS/c1-13-16(17,14-2)15-4-7-5(9)3-6(10)8(11)12-7/h3H,4H2,1-2H3. The first-order valence-electron chi connectivity index (χ1n) is 4.28. The first-order chi connectivity index (χ1) is 7.91. The maximum Gasteiger partial charge on any atom is 0.327 e. The molecule has 4 nitrogen and oxygen atoms in total. The molecule has 1 aromatic heterocycles. The Bertz CT molecular complexity index is 452. The maximum atomic E-state index is 5.93. The lowest BCUT2D eigenvalue weighted by atomic mass is 10.4. The Labute approximate surface area is 119 Å². The molecule has 9 heteroatoms. The van der Waals surface area contributed by atoms with Crippen molar-refractivity contribution in [2.75, 3.05) is 14.2 Å². The molecule has 0 aliphatic rings. The lowest BCUT2D eigenvalue weighted by molar-refractivity contribution is 0.193. The average Bonchev–Trinajstić information content (AvgIpc) is 2.32. The van der Waals surface area contributed by atoms with E-state index in [1.54, 1.807) is 0 Å². The highest BCUT2D eigenvalue weighted by molar-refractivity contribution is 8.07. The fraction of sp³-hybridized carbons (Fsp3) is 0.375. The van der Waals surface area contributed by atoms with E-state index in [4.69, 9.17) is 60.2 Å². The number of nitrogens with zero attached hydrogens (tertiary/aromatic N) is 1. The molecule has 0 radical (unpaired) electrons. The van der Waals surface area contributed by atoms with Gasteiger partial charge in [0.25, 0.3) is 0 Å². The Morgan fingerprint density at radius 3 is 2.35 bits per heavy atom. The van der Waals surface area contributed by atoms with E-state index in [9.17, 15) is 0 Å². The summed E-state index contributed by atoms with van der Waals surface area (Å²) in [6.07, 6.45) is 0. The molecule has 1 heterocycles. The summed E-state index contributed by atoms with van der Waals surface area (Å²) in [5.74, 6) is 0. The topological polar surface area (TPSA) is 40.6 Å². The van der Waals surface area contributed by atoms with Crippen LogP contribution in [0.2, 0.25) is 15.2 Å². The summed E-state index contributed by atoms with van der Waals surface area (Å²) >= 11 is 22.5. The molecule has 0 aliphatic carbocycles. The fourth-order valence-electron chi connectivity index (χ4n) is 0.901. The van der Waals surface area contributed by atoms with Gasteiger partial charge in [-0.3, -0.25) is 0 Å². The van der Waals surface area contributed by atoms with Gasteiger partial charge in [-0.1, -0.05) is 34.8 Å². The third-order valence-electron chi connectivity index (χ3n) is 1.77. The average molecular weight is 337 g/mol. The third-order valence-corrected chi connectivity index (χ3v) is 5.32. The lowest BCUT2D eigenvalue weighted by Gasteiger charge is -2.17. The SMILES string of the molecule is COP(=S)(OC)OCc1nc(Cl)c(Cl)cc1Cl. The smallest absolute Gasteiger partial charge is 0.312 e. The van der Waals surface area contributed by atoms with Crippen LogP contribution >= 0.6 is 41.5 Å². The summed E-state index contributed by atoms with van der Waals surface area (Å²) in [6, 6.07) is 1.49. The van der Waals surface area contributed by atoms with Crippen molar-refractivity contribution in [2.45, 2.75) is 6.61 Å². The van der Waals surface area contributed by atoms with Gasteiger partial charge in [0.05, 0.1) is 15.7 Å². The highest BCUT2D eigenvalue weighted by atomic mass is 35.5. The zero-order valence-corrected chi connectivity index (χ0v) is 12.9. The Balaban J connectivity index is 2.83. The van der Waals surface area contributed by atoms with Crippen molar-refractivity contribution in [3.8, 4) is 0 Å². The van der Waals surface area contributed by atoms with Gasteiger partial charge >= 0.3 is 6.72 Å². The van der Waals surface area contributed by atoms with Crippen molar-refractivity contribution in [1.29, 1.82) is 0 Å². The van der Waals surface area contributed by atoms with Gasteiger partial charge in [0.15, 0.2) is 0 Å². The van der Waals surface area contributed by atoms with E-state index in [1.807, 2.05) is 0 Å². The Hall–Kier alpha value is 0.550. The summed E-state index contributed by atoms with van der Waals surface area (Å²) in [6.45, 7) is -2.70. The molecular formula is C8H9Cl3NO3PS. The normalized spacial score (nSPS) is 11.8. The molecule has 0 saturated heterocycles. The van der Waals surface area contributed by atoms with Gasteiger partial charge < -0.3 is 13.6 Å². The van der Waals surface area contributed by atoms with Crippen LogP contribution < -0.4 is 0 Å². The lowest BCUT2D eigenvalue weighted by Crippen LogP contribution is -1.99. The molecular weight excluding hydrogens is 327 g/mol. The quantitative estimate of drug-likeness (QED) is 0.598. The van der Waals surface area contributed by atoms with E-state index in [1.165, 1.54) is 20.3 Å². The summed E-state index contributed by atoms with van der Waals surface area (Å²) in [5.41, 5.74) is 0.421. The van der Waals surface area contributed by atoms with Crippen LogP contribution in [0.25, 0.3) is 0 Å². The van der Waals surface area contributed by atoms with E-state index in [0.717, 1.165) is 0 Å². The van der Waals surface area contributed by atoms with Gasteiger partial charge in [-0.25, -0.2) is 4.98 Å². The van der Waals surface area contributed by atoms with Crippen molar-refractivity contribution < 1.29 is 13.6 Å². The second-order valence-corrected chi connectivity index (χ2v) is 7.17. The molecule has 0 fully saturated rings. The molecule has 0 amide bonds. The molecule has 96 valence electrons. The van der Waals surface area contributed by atoms with E-state index in [-0.39, 0.29) is 16.8 Å². The van der Waals surface area contributed by atoms with Crippen LogP contribution in [0, 0.1) is 0 Å². The molecule has 17 heavy (non-hydrogen) atoms. The second kappa shape index (κ2) is 6.64. The Morgan fingerprint density at radius 1 is 1.24 bits per heavy atom.